The van der Waals surface area contributed by atoms with Gasteiger partial charge in [0.2, 0.25) is 0 Å². The number of aryl methyl sites for hydroxylation is 1. The molecule has 0 atom stereocenters. The van der Waals surface area contributed by atoms with Crippen molar-refractivity contribution in [3.05, 3.63) is 53.9 Å². The zero-order valence-electron chi connectivity index (χ0n) is 11.0. The van der Waals surface area contributed by atoms with Gasteiger partial charge in [-0.05, 0) is 30.7 Å². The van der Waals surface area contributed by atoms with Crippen LogP contribution in [-0.2, 0) is 13.1 Å². The maximum atomic E-state index is 11.1. The molecule has 0 spiro atoms. The van der Waals surface area contributed by atoms with Gasteiger partial charge in [-0.15, -0.1) is 0 Å². The fraction of sp³-hybridized carbons (Fsp3) is 0.267. The topological polar surface area (TPSA) is 54.3 Å². The summed E-state index contributed by atoms with van der Waals surface area (Å²) in [5, 5.41) is 12.3. The zero-order chi connectivity index (χ0) is 13.7. The molecule has 2 rings (SSSR count). The number of hydrogen-bond donors (Lipinski definition) is 2. The zero-order valence-corrected chi connectivity index (χ0v) is 11.0. The van der Waals surface area contributed by atoms with E-state index in [0.717, 1.165) is 18.7 Å². The smallest absolute Gasteiger partial charge is 0.337 e. The first kappa shape index (κ1) is 13.2. The third kappa shape index (κ3) is 3.16. The molecule has 4 heteroatoms. The highest BCUT2D eigenvalue weighted by molar-refractivity contribution is 5.94. The SMILES string of the molecule is CCCn1cccc1CNc1ccccc1C(=O)O. The highest BCUT2D eigenvalue weighted by atomic mass is 16.4. The van der Waals surface area contributed by atoms with Gasteiger partial charge in [-0.25, -0.2) is 4.79 Å². The second-order valence-electron chi connectivity index (χ2n) is 4.40. The van der Waals surface area contributed by atoms with Gasteiger partial charge in [0.15, 0.2) is 0 Å². The Kier molecular flexibility index (Phi) is 4.23. The Morgan fingerprint density at radius 3 is 2.79 bits per heavy atom. The third-order valence-corrected chi connectivity index (χ3v) is 3.01. The molecule has 0 unspecified atom stereocenters. The first-order valence-electron chi connectivity index (χ1n) is 6.42. The lowest BCUT2D eigenvalue weighted by Gasteiger charge is -2.11. The summed E-state index contributed by atoms with van der Waals surface area (Å²) in [6.07, 6.45) is 3.12. The van der Waals surface area contributed by atoms with Crippen molar-refractivity contribution in [3.63, 3.8) is 0 Å². The van der Waals surface area contributed by atoms with Crippen LogP contribution in [0.3, 0.4) is 0 Å². The standard InChI is InChI=1S/C15H18N2O2/c1-2-9-17-10-5-6-12(17)11-16-14-8-4-3-7-13(14)15(18)19/h3-8,10,16H,2,9,11H2,1H3,(H,18,19). The predicted molar refractivity (Wildman–Crippen MR) is 75.5 cm³/mol. The van der Waals surface area contributed by atoms with Crippen molar-refractivity contribution in [3.8, 4) is 0 Å². The van der Waals surface area contributed by atoms with E-state index in [1.165, 1.54) is 0 Å². The molecule has 1 heterocycles. The van der Waals surface area contributed by atoms with E-state index < -0.39 is 5.97 Å². The van der Waals surface area contributed by atoms with E-state index in [1.54, 1.807) is 18.2 Å². The number of para-hydroxylation sites is 1. The normalized spacial score (nSPS) is 10.4. The maximum absolute atomic E-state index is 11.1. The van der Waals surface area contributed by atoms with Crippen LogP contribution in [0.4, 0.5) is 5.69 Å². The molecule has 0 bridgehead atoms. The minimum Gasteiger partial charge on any atom is -0.478 e. The van der Waals surface area contributed by atoms with Crippen molar-refractivity contribution in [1.29, 1.82) is 0 Å². The molecule has 1 aromatic carbocycles. The van der Waals surface area contributed by atoms with Crippen LogP contribution >= 0.6 is 0 Å². The summed E-state index contributed by atoms with van der Waals surface area (Å²) in [5.74, 6) is -0.910. The maximum Gasteiger partial charge on any atom is 0.337 e. The van der Waals surface area contributed by atoms with Gasteiger partial charge in [-0.3, -0.25) is 0 Å². The summed E-state index contributed by atoms with van der Waals surface area (Å²) < 4.78 is 2.18. The monoisotopic (exact) mass is 258 g/mol. The van der Waals surface area contributed by atoms with Crippen molar-refractivity contribution < 1.29 is 9.90 Å². The number of nitrogens with one attached hydrogen (secondary N) is 1. The second-order valence-corrected chi connectivity index (χ2v) is 4.40. The number of carboxylic acids is 1. The van der Waals surface area contributed by atoms with Crippen molar-refractivity contribution in [1.82, 2.24) is 4.57 Å². The lowest BCUT2D eigenvalue weighted by atomic mass is 10.2. The van der Waals surface area contributed by atoms with E-state index >= 15 is 0 Å². The molecule has 0 amide bonds. The lowest BCUT2D eigenvalue weighted by Crippen LogP contribution is -2.09. The minimum atomic E-state index is -0.910. The molecule has 0 fully saturated rings. The van der Waals surface area contributed by atoms with E-state index in [4.69, 9.17) is 5.11 Å². The number of aromatic nitrogens is 1. The Morgan fingerprint density at radius 2 is 2.05 bits per heavy atom. The van der Waals surface area contributed by atoms with Gasteiger partial charge in [-0.1, -0.05) is 19.1 Å². The van der Waals surface area contributed by atoms with E-state index in [0.29, 0.717) is 17.8 Å². The average molecular weight is 258 g/mol. The van der Waals surface area contributed by atoms with E-state index in [9.17, 15) is 4.79 Å². The fourth-order valence-corrected chi connectivity index (χ4v) is 2.08. The summed E-state index contributed by atoms with van der Waals surface area (Å²) in [6.45, 7) is 3.73. The summed E-state index contributed by atoms with van der Waals surface area (Å²) >= 11 is 0. The van der Waals surface area contributed by atoms with E-state index in [2.05, 4.69) is 16.8 Å². The highest BCUT2D eigenvalue weighted by Crippen LogP contribution is 2.16. The number of carboxylic acid groups (broad SMARTS) is 1. The van der Waals surface area contributed by atoms with Crippen LogP contribution in [-0.4, -0.2) is 15.6 Å². The summed E-state index contributed by atoms with van der Waals surface area (Å²) in [4.78, 5) is 11.1. The Hall–Kier alpha value is -2.23. The molecule has 0 radical (unpaired) electrons. The summed E-state index contributed by atoms with van der Waals surface area (Å²) in [6, 6.07) is 11.0. The van der Waals surface area contributed by atoms with Gasteiger partial charge in [0, 0.05) is 24.1 Å². The summed E-state index contributed by atoms with van der Waals surface area (Å²) in [5.41, 5.74) is 2.11. The first-order valence-corrected chi connectivity index (χ1v) is 6.42. The average Bonchev–Trinajstić information content (AvgIpc) is 2.84. The Morgan fingerprint density at radius 1 is 1.26 bits per heavy atom. The van der Waals surface area contributed by atoms with Crippen molar-refractivity contribution in [2.24, 2.45) is 0 Å². The van der Waals surface area contributed by atoms with E-state index in [-0.39, 0.29) is 0 Å². The van der Waals surface area contributed by atoms with Gasteiger partial charge in [0.05, 0.1) is 12.1 Å². The molecule has 4 nitrogen and oxygen atoms in total. The third-order valence-electron chi connectivity index (χ3n) is 3.01. The van der Waals surface area contributed by atoms with Gasteiger partial charge in [0.25, 0.3) is 0 Å². The van der Waals surface area contributed by atoms with Crippen molar-refractivity contribution in [2.75, 3.05) is 5.32 Å². The Bertz CT molecular complexity index is 561. The number of hydrogen-bond acceptors (Lipinski definition) is 2. The molecule has 100 valence electrons. The van der Waals surface area contributed by atoms with E-state index in [1.807, 2.05) is 24.4 Å². The Labute approximate surface area is 112 Å². The van der Waals surface area contributed by atoms with Crippen molar-refractivity contribution >= 4 is 11.7 Å². The van der Waals surface area contributed by atoms with Gasteiger partial charge < -0.3 is 15.0 Å². The molecular weight excluding hydrogens is 240 g/mol. The number of carbonyl (C=O) groups is 1. The number of anilines is 1. The molecule has 2 N–H and O–H groups in total. The molecule has 0 aliphatic rings. The molecule has 19 heavy (non-hydrogen) atoms. The van der Waals surface area contributed by atoms with Gasteiger partial charge in [0.1, 0.15) is 0 Å². The molecule has 0 aliphatic carbocycles. The fourth-order valence-electron chi connectivity index (χ4n) is 2.08. The lowest BCUT2D eigenvalue weighted by molar-refractivity contribution is 0.0698. The highest BCUT2D eigenvalue weighted by Gasteiger charge is 2.09. The van der Waals surface area contributed by atoms with Crippen LogP contribution in [0.5, 0.6) is 0 Å². The van der Waals surface area contributed by atoms with Crippen LogP contribution < -0.4 is 5.32 Å². The first-order chi connectivity index (χ1) is 9.22. The molecular formula is C15H18N2O2. The van der Waals surface area contributed by atoms with Crippen molar-refractivity contribution in [2.45, 2.75) is 26.4 Å². The van der Waals surface area contributed by atoms with Crippen LogP contribution in [0.2, 0.25) is 0 Å². The number of rotatable bonds is 6. The minimum absolute atomic E-state index is 0.302. The largest absolute Gasteiger partial charge is 0.478 e. The predicted octanol–water partition coefficient (Wildman–Crippen LogP) is 3.21. The quantitative estimate of drug-likeness (QED) is 0.836. The molecule has 2 aromatic rings. The van der Waals surface area contributed by atoms with Crippen LogP contribution in [0.1, 0.15) is 29.4 Å². The Balaban J connectivity index is 2.10. The number of nitrogens with zero attached hydrogens (tertiary/aromatic N) is 1. The van der Waals surface area contributed by atoms with Crippen LogP contribution in [0, 0.1) is 0 Å². The second kappa shape index (κ2) is 6.09. The molecule has 1 aromatic heterocycles. The molecule has 0 saturated heterocycles. The molecule has 0 aliphatic heterocycles. The van der Waals surface area contributed by atoms with Gasteiger partial charge >= 0.3 is 5.97 Å². The number of benzene rings is 1. The van der Waals surface area contributed by atoms with Crippen LogP contribution in [0.25, 0.3) is 0 Å². The molecule has 0 saturated carbocycles. The summed E-state index contributed by atoms with van der Waals surface area (Å²) in [7, 11) is 0. The van der Waals surface area contributed by atoms with Gasteiger partial charge in [-0.2, -0.15) is 0 Å². The van der Waals surface area contributed by atoms with Crippen LogP contribution in [0.15, 0.2) is 42.6 Å². The number of aromatic carboxylic acids is 1.